The molecule has 0 unspecified atom stereocenters. The van der Waals surface area contributed by atoms with E-state index >= 15 is 0 Å². The molecule has 6 nitrogen and oxygen atoms in total. The van der Waals surface area contributed by atoms with Gasteiger partial charge in [0.25, 0.3) is 5.56 Å². The van der Waals surface area contributed by atoms with Gasteiger partial charge < -0.3 is 4.42 Å². The molecule has 1 aliphatic carbocycles. The lowest BCUT2D eigenvalue weighted by atomic mass is 10.2. The van der Waals surface area contributed by atoms with Crippen molar-refractivity contribution in [3.63, 3.8) is 0 Å². The van der Waals surface area contributed by atoms with Crippen LogP contribution in [0.5, 0.6) is 0 Å². The van der Waals surface area contributed by atoms with Crippen LogP contribution in [0.25, 0.3) is 10.9 Å². The van der Waals surface area contributed by atoms with E-state index in [0.717, 1.165) is 23.5 Å². The van der Waals surface area contributed by atoms with Gasteiger partial charge >= 0.3 is 0 Å². The van der Waals surface area contributed by atoms with E-state index in [4.69, 9.17) is 4.42 Å². The predicted octanol–water partition coefficient (Wildman–Crippen LogP) is 2.72. The molecule has 0 spiro atoms. The van der Waals surface area contributed by atoms with Crippen molar-refractivity contribution < 1.29 is 4.42 Å². The van der Waals surface area contributed by atoms with E-state index in [1.807, 2.05) is 28.8 Å². The quantitative estimate of drug-likeness (QED) is 0.544. The Kier molecular flexibility index (Phi) is 3.22. The molecule has 0 saturated heterocycles. The van der Waals surface area contributed by atoms with Crippen LogP contribution in [0.1, 0.15) is 30.7 Å². The molecule has 0 bridgehead atoms. The Hall–Kier alpha value is -2.15. The van der Waals surface area contributed by atoms with Gasteiger partial charge in [0.05, 0.1) is 16.7 Å². The van der Waals surface area contributed by atoms with E-state index in [-0.39, 0.29) is 11.6 Å². The number of aryl methyl sites for hydroxylation is 1. The van der Waals surface area contributed by atoms with Crippen molar-refractivity contribution in [2.24, 2.45) is 0 Å². The molecule has 0 radical (unpaired) electrons. The first-order valence-corrected chi connectivity index (χ1v) is 8.14. The largest absolute Gasteiger partial charge is 0.425 e. The Morgan fingerprint density at radius 3 is 2.86 bits per heavy atom. The van der Waals surface area contributed by atoms with Gasteiger partial charge in [-0.2, -0.15) is 0 Å². The summed E-state index contributed by atoms with van der Waals surface area (Å²) in [6.45, 7) is 1.76. The number of benzene rings is 1. The fourth-order valence-corrected chi connectivity index (χ4v) is 3.31. The van der Waals surface area contributed by atoms with Crippen LogP contribution in [0.4, 0.5) is 0 Å². The Labute approximate surface area is 130 Å². The molecular weight excluding hydrogens is 300 g/mol. The summed E-state index contributed by atoms with van der Waals surface area (Å²) in [7, 11) is 0. The summed E-state index contributed by atoms with van der Waals surface area (Å²) in [5, 5.41) is 9.20. The first-order valence-electron chi connectivity index (χ1n) is 7.15. The molecule has 4 rings (SSSR count). The zero-order valence-electron chi connectivity index (χ0n) is 12.0. The number of rotatable bonds is 4. The van der Waals surface area contributed by atoms with E-state index in [2.05, 4.69) is 15.2 Å². The van der Waals surface area contributed by atoms with Crippen molar-refractivity contribution in [3.8, 4) is 0 Å². The number of hydrogen-bond donors (Lipinski definition) is 0. The van der Waals surface area contributed by atoms with Crippen LogP contribution in [0.15, 0.2) is 38.6 Å². The van der Waals surface area contributed by atoms with E-state index in [1.54, 1.807) is 6.92 Å². The summed E-state index contributed by atoms with van der Waals surface area (Å²) in [6.07, 6.45) is 2.07. The molecule has 0 atom stereocenters. The number of hydrogen-bond acceptors (Lipinski definition) is 6. The Balaban J connectivity index is 1.75. The van der Waals surface area contributed by atoms with Crippen molar-refractivity contribution in [3.05, 3.63) is 46.4 Å². The number of para-hydroxylation sites is 1. The average Bonchev–Trinajstić information content (AvgIpc) is 3.27. The van der Waals surface area contributed by atoms with Crippen LogP contribution in [-0.4, -0.2) is 19.7 Å². The van der Waals surface area contributed by atoms with Crippen LogP contribution in [-0.2, 0) is 5.75 Å². The lowest BCUT2D eigenvalue weighted by Gasteiger charge is -2.11. The van der Waals surface area contributed by atoms with Crippen molar-refractivity contribution in [1.82, 2.24) is 19.7 Å². The molecule has 0 amide bonds. The number of fused-ring (bicyclic) bond motifs is 1. The minimum absolute atomic E-state index is 0.0392. The average molecular weight is 314 g/mol. The fraction of sp³-hybridized carbons (Fsp3) is 0.333. The van der Waals surface area contributed by atoms with Gasteiger partial charge in [-0.1, -0.05) is 23.9 Å². The van der Waals surface area contributed by atoms with E-state index in [0.29, 0.717) is 22.9 Å². The lowest BCUT2D eigenvalue weighted by molar-refractivity contribution is 0.485. The van der Waals surface area contributed by atoms with Crippen LogP contribution >= 0.6 is 11.8 Å². The fourth-order valence-electron chi connectivity index (χ4n) is 2.40. The molecule has 112 valence electrons. The molecule has 3 aromatic rings. The molecule has 1 aliphatic rings. The smallest absolute Gasteiger partial charge is 0.262 e. The van der Waals surface area contributed by atoms with Crippen LogP contribution in [0, 0.1) is 6.92 Å². The van der Waals surface area contributed by atoms with Crippen LogP contribution in [0.3, 0.4) is 0 Å². The van der Waals surface area contributed by atoms with Gasteiger partial charge in [-0.3, -0.25) is 9.36 Å². The second-order valence-corrected chi connectivity index (χ2v) is 6.26. The molecule has 0 N–H and O–H groups in total. The minimum Gasteiger partial charge on any atom is -0.425 e. The number of thioether (sulfide) groups is 1. The molecule has 1 saturated carbocycles. The maximum absolute atomic E-state index is 12.7. The first kappa shape index (κ1) is 13.5. The van der Waals surface area contributed by atoms with Gasteiger partial charge in [0, 0.05) is 13.0 Å². The highest BCUT2D eigenvalue weighted by molar-refractivity contribution is 7.98. The highest BCUT2D eigenvalue weighted by atomic mass is 32.2. The van der Waals surface area contributed by atoms with Gasteiger partial charge in [0.1, 0.15) is 0 Å². The highest BCUT2D eigenvalue weighted by Gasteiger charge is 2.28. The van der Waals surface area contributed by atoms with E-state index in [9.17, 15) is 4.79 Å². The molecule has 0 aliphatic heterocycles. The third kappa shape index (κ3) is 2.41. The van der Waals surface area contributed by atoms with Crippen molar-refractivity contribution in [1.29, 1.82) is 0 Å². The van der Waals surface area contributed by atoms with E-state index in [1.165, 1.54) is 11.8 Å². The number of aromatic nitrogens is 4. The summed E-state index contributed by atoms with van der Waals surface area (Å²) < 4.78 is 7.20. The number of nitrogens with zero attached hydrogens (tertiary/aromatic N) is 4. The lowest BCUT2D eigenvalue weighted by Crippen LogP contribution is -2.22. The SMILES string of the molecule is Cc1nnc(CSc2nc3ccccc3c(=O)n2C2CC2)o1. The van der Waals surface area contributed by atoms with Crippen LogP contribution in [0.2, 0.25) is 0 Å². The van der Waals surface area contributed by atoms with Crippen molar-refractivity contribution >= 4 is 22.7 Å². The van der Waals surface area contributed by atoms with Gasteiger partial charge in [0.15, 0.2) is 5.16 Å². The highest BCUT2D eigenvalue weighted by Crippen LogP contribution is 2.37. The van der Waals surface area contributed by atoms with Gasteiger partial charge in [-0.15, -0.1) is 10.2 Å². The van der Waals surface area contributed by atoms with Gasteiger partial charge in [-0.05, 0) is 25.0 Å². The normalized spacial score (nSPS) is 14.6. The van der Waals surface area contributed by atoms with Crippen molar-refractivity contribution in [2.45, 2.75) is 36.7 Å². The summed E-state index contributed by atoms with van der Waals surface area (Å²) in [5.74, 6) is 1.60. The second kappa shape index (κ2) is 5.24. The summed E-state index contributed by atoms with van der Waals surface area (Å²) >= 11 is 1.47. The molecule has 1 aromatic carbocycles. The molecule has 1 fully saturated rings. The van der Waals surface area contributed by atoms with Gasteiger partial charge in [0.2, 0.25) is 11.8 Å². The summed E-state index contributed by atoms with van der Waals surface area (Å²) in [5.41, 5.74) is 0.769. The second-order valence-electron chi connectivity index (χ2n) is 5.32. The van der Waals surface area contributed by atoms with Crippen molar-refractivity contribution in [2.75, 3.05) is 0 Å². The monoisotopic (exact) mass is 314 g/mol. The predicted molar refractivity (Wildman–Crippen MR) is 82.9 cm³/mol. The molecule has 7 heteroatoms. The zero-order chi connectivity index (χ0) is 15.1. The summed E-state index contributed by atoms with van der Waals surface area (Å²) in [4.78, 5) is 17.4. The molecule has 2 heterocycles. The third-order valence-corrected chi connectivity index (χ3v) is 4.52. The topological polar surface area (TPSA) is 73.8 Å². The standard InChI is InChI=1S/C15H14N4O2S/c1-9-17-18-13(21-9)8-22-15-16-12-5-3-2-4-11(12)14(20)19(15)10-6-7-10/h2-5,10H,6-8H2,1H3. The molecular formula is C15H14N4O2S. The third-order valence-electron chi connectivity index (χ3n) is 3.58. The Bertz CT molecular complexity index is 898. The zero-order valence-corrected chi connectivity index (χ0v) is 12.8. The van der Waals surface area contributed by atoms with E-state index < -0.39 is 0 Å². The van der Waals surface area contributed by atoms with Gasteiger partial charge in [-0.25, -0.2) is 4.98 Å². The summed E-state index contributed by atoms with van der Waals surface area (Å²) in [6, 6.07) is 7.74. The first-order chi connectivity index (χ1) is 10.7. The maximum atomic E-state index is 12.7. The van der Waals surface area contributed by atoms with Crippen LogP contribution < -0.4 is 5.56 Å². The minimum atomic E-state index is 0.0392. The maximum Gasteiger partial charge on any atom is 0.262 e. The molecule has 2 aromatic heterocycles. The molecule has 22 heavy (non-hydrogen) atoms. The Morgan fingerprint density at radius 1 is 1.32 bits per heavy atom. The Morgan fingerprint density at radius 2 is 2.14 bits per heavy atom.